The molecule has 2 fully saturated rings. The van der Waals surface area contributed by atoms with Gasteiger partial charge in [-0.3, -0.25) is 9.59 Å². The molecule has 1 aliphatic carbocycles. The standard InChI is InChI=1S/C17H18F3NO4/c18-17(19,20)11-3-5-13(6-4-11)25-9-14(22)21-8-12-2-1-7-16(12,10-21)15(23)24/h3-6,12H,1-2,7-10H2,(H,23,24)/t12-,16+/m0/s1. The lowest BCUT2D eigenvalue weighted by atomic mass is 9.81. The van der Waals surface area contributed by atoms with E-state index in [1.54, 1.807) is 0 Å². The molecule has 1 saturated heterocycles. The Labute approximate surface area is 142 Å². The molecule has 25 heavy (non-hydrogen) atoms. The zero-order valence-corrected chi connectivity index (χ0v) is 13.4. The second-order valence-corrected chi connectivity index (χ2v) is 6.64. The lowest BCUT2D eigenvalue weighted by Gasteiger charge is -2.23. The van der Waals surface area contributed by atoms with Crippen LogP contribution in [-0.2, 0) is 15.8 Å². The number of rotatable bonds is 4. The highest BCUT2D eigenvalue weighted by Gasteiger charge is 2.55. The molecule has 5 nitrogen and oxygen atoms in total. The van der Waals surface area contributed by atoms with E-state index in [9.17, 15) is 27.9 Å². The van der Waals surface area contributed by atoms with Gasteiger partial charge in [-0.05, 0) is 43.0 Å². The van der Waals surface area contributed by atoms with E-state index in [0.717, 1.165) is 37.1 Å². The maximum absolute atomic E-state index is 12.5. The second-order valence-electron chi connectivity index (χ2n) is 6.64. The number of ether oxygens (including phenoxy) is 1. The second kappa shape index (κ2) is 6.24. The van der Waals surface area contributed by atoms with Crippen LogP contribution < -0.4 is 4.74 Å². The van der Waals surface area contributed by atoms with Crippen molar-refractivity contribution in [2.45, 2.75) is 25.4 Å². The van der Waals surface area contributed by atoms with Gasteiger partial charge < -0.3 is 14.7 Å². The molecule has 1 amide bonds. The predicted octanol–water partition coefficient (Wildman–Crippen LogP) is 2.80. The van der Waals surface area contributed by atoms with Crippen molar-refractivity contribution < 1.29 is 32.6 Å². The zero-order valence-electron chi connectivity index (χ0n) is 13.4. The molecule has 1 aromatic rings. The van der Waals surface area contributed by atoms with Crippen LogP contribution >= 0.6 is 0 Å². The highest BCUT2D eigenvalue weighted by molar-refractivity contribution is 5.82. The van der Waals surface area contributed by atoms with Gasteiger partial charge in [-0.2, -0.15) is 13.2 Å². The number of carboxylic acids is 1. The first-order valence-corrected chi connectivity index (χ1v) is 8.03. The van der Waals surface area contributed by atoms with Gasteiger partial charge in [0.25, 0.3) is 5.91 Å². The summed E-state index contributed by atoms with van der Waals surface area (Å²) in [5, 5.41) is 9.51. The molecule has 0 radical (unpaired) electrons. The number of carbonyl (C=O) groups is 2. The number of carbonyl (C=O) groups excluding carboxylic acids is 1. The minimum Gasteiger partial charge on any atom is -0.484 e. The van der Waals surface area contributed by atoms with E-state index in [4.69, 9.17) is 4.74 Å². The molecule has 1 N–H and O–H groups in total. The Morgan fingerprint density at radius 3 is 2.52 bits per heavy atom. The molecule has 0 unspecified atom stereocenters. The number of alkyl halides is 3. The fourth-order valence-corrected chi connectivity index (χ4v) is 3.81. The molecule has 1 aliphatic heterocycles. The quantitative estimate of drug-likeness (QED) is 0.900. The van der Waals surface area contributed by atoms with Crippen molar-refractivity contribution in [2.75, 3.05) is 19.7 Å². The number of likely N-dealkylation sites (tertiary alicyclic amines) is 1. The summed E-state index contributed by atoms with van der Waals surface area (Å²) in [6.45, 7) is 0.234. The molecule has 8 heteroatoms. The summed E-state index contributed by atoms with van der Waals surface area (Å²) in [7, 11) is 0. The Morgan fingerprint density at radius 1 is 1.28 bits per heavy atom. The van der Waals surface area contributed by atoms with Crippen LogP contribution in [0.3, 0.4) is 0 Å². The van der Waals surface area contributed by atoms with Crippen molar-refractivity contribution in [3.63, 3.8) is 0 Å². The van der Waals surface area contributed by atoms with Crippen molar-refractivity contribution in [1.82, 2.24) is 4.90 Å². The van der Waals surface area contributed by atoms with Crippen LogP contribution in [-0.4, -0.2) is 41.6 Å². The van der Waals surface area contributed by atoms with Crippen LogP contribution in [0.15, 0.2) is 24.3 Å². The van der Waals surface area contributed by atoms with Gasteiger partial charge in [-0.15, -0.1) is 0 Å². The lowest BCUT2D eigenvalue weighted by Crippen LogP contribution is -2.38. The summed E-state index contributed by atoms with van der Waals surface area (Å²) in [6, 6.07) is 4.10. The van der Waals surface area contributed by atoms with Crippen LogP contribution in [0.1, 0.15) is 24.8 Å². The molecule has 3 rings (SSSR count). The van der Waals surface area contributed by atoms with Crippen molar-refractivity contribution in [3.8, 4) is 5.75 Å². The van der Waals surface area contributed by atoms with E-state index in [0.29, 0.717) is 13.0 Å². The summed E-state index contributed by atoms with van der Waals surface area (Å²) in [5.41, 5.74) is -1.65. The Morgan fingerprint density at radius 2 is 1.96 bits per heavy atom. The Kier molecular flexibility index (Phi) is 4.38. The molecule has 1 heterocycles. The fraction of sp³-hybridized carbons (Fsp3) is 0.529. The minimum atomic E-state index is -4.42. The number of nitrogens with zero attached hydrogens (tertiary/aromatic N) is 1. The van der Waals surface area contributed by atoms with E-state index < -0.39 is 23.1 Å². The van der Waals surface area contributed by atoms with Crippen LogP contribution in [0.25, 0.3) is 0 Å². The van der Waals surface area contributed by atoms with Crippen molar-refractivity contribution in [2.24, 2.45) is 11.3 Å². The van der Waals surface area contributed by atoms with Crippen LogP contribution in [0.2, 0.25) is 0 Å². The summed E-state index contributed by atoms with van der Waals surface area (Å²) < 4.78 is 42.8. The number of carboxylic acid groups (broad SMARTS) is 1. The van der Waals surface area contributed by atoms with Gasteiger partial charge in [0.15, 0.2) is 6.61 Å². The molecular weight excluding hydrogens is 339 g/mol. The normalized spacial score (nSPS) is 25.7. The molecule has 2 atom stereocenters. The first-order chi connectivity index (χ1) is 11.7. The summed E-state index contributed by atoms with van der Waals surface area (Å²) in [4.78, 5) is 25.4. The van der Waals surface area contributed by atoms with Gasteiger partial charge in [0, 0.05) is 13.1 Å². The number of halogens is 3. The SMILES string of the molecule is O=C(COc1ccc(C(F)(F)F)cc1)N1C[C@@H]2CCC[C@@]2(C(=O)O)C1. The van der Waals surface area contributed by atoms with Crippen molar-refractivity contribution in [3.05, 3.63) is 29.8 Å². The highest BCUT2D eigenvalue weighted by atomic mass is 19.4. The summed E-state index contributed by atoms with van der Waals surface area (Å²) in [6.07, 6.45) is -2.22. The van der Waals surface area contributed by atoms with Gasteiger partial charge in [0.1, 0.15) is 5.75 Å². The first kappa shape index (κ1) is 17.6. The molecule has 136 valence electrons. The van der Waals surface area contributed by atoms with E-state index in [1.165, 1.54) is 4.90 Å². The monoisotopic (exact) mass is 357 g/mol. The van der Waals surface area contributed by atoms with Gasteiger partial charge >= 0.3 is 12.1 Å². The van der Waals surface area contributed by atoms with Gasteiger partial charge in [-0.25, -0.2) is 0 Å². The lowest BCUT2D eigenvalue weighted by molar-refractivity contribution is -0.149. The molecule has 1 aromatic carbocycles. The van der Waals surface area contributed by atoms with E-state index in [1.807, 2.05) is 0 Å². The molecule has 0 aromatic heterocycles. The smallest absolute Gasteiger partial charge is 0.416 e. The average Bonchev–Trinajstić information content (AvgIpc) is 3.10. The first-order valence-electron chi connectivity index (χ1n) is 8.03. The largest absolute Gasteiger partial charge is 0.484 e. The van der Waals surface area contributed by atoms with Crippen molar-refractivity contribution in [1.29, 1.82) is 0 Å². The average molecular weight is 357 g/mol. The topological polar surface area (TPSA) is 66.8 Å². The molecule has 2 aliphatic rings. The maximum Gasteiger partial charge on any atom is 0.416 e. The Bertz CT molecular complexity index is 673. The number of amides is 1. The van der Waals surface area contributed by atoms with Gasteiger partial charge in [0.05, 0.1) is 11.0 Å². The molecule has 0 bridgehead atoms. The number of hydrogen-bond donors (Lipinski definition) is 1. The molecular formula is C17H18F3NO4. The van der Waals surface area contributed by atoms with E-state index >= 15 is 0 Å². The fourth-order valence-electron chi connectivity index (χ4n) is 3.81. The number of fused-ring (bicyclic) bond motifs is 1. The maximum atomic E-state index is 12.5. The van der Waals surface area contributed by atoms with Gasteiger partial charge in [-0.1, -0.05) is 6.42 Å². The zero-order chi connectivity index (χ0) is 18.2. The van der Waals surface area contributed by atoms with Crippen LogP contribution in [0.5, 0.6) is 5.75 Å². The molecule has 0 spiro atoms. The third kappa shape index (κ3) is 3.29. The minimum absolute atomic E-state index is 0.0416. The Hall–Kier alpha value is -2.25. The third-order valence-electron chi connectivity index (χ3n) is 5.19. The number of benzene rings is 1. The van der Waals surface area contributed by atoms with E-state index in [-0.39, 0.29) is 30.7 Å². The van der Waals surface area contributed by atoms with E-state index in [2.05, 4.69) is 0 Å². The summed E-state index contributed by atoms with van der Waals surface area (Å²) in [5.74, 6) is -1.10. The van der Waals surface area contributed by atoms with Crippen molar-refractivity contribution >= 4 is 11.9 Å². The van der Waals surface area contributed by atoms with Crippen LogP contribution in [0.4, 0.5) is 13.2 Å². The third-order valence-corrected chi connectivity index (χ3v) is 5.19. The number of hydrogen-bond acceptors (Lipinski definition) is 3. The number of aliphatic carboxylic acids is 1. The Balaban J connectivity index is 1.58. The molecule has 1 saturated carbocycles. The summed E-state index contributed by atoms with van der Waals surface area (Å²) >= 11 is 0. The van der Waals surface area contributed by atoms with Crippen LogP contribution in [0, 0.1) is 11.3 Å². The highest BCUT2D eigenvalue weighted by Crippen LogP contribution is 2.48. The predicted molar refractivity (Wildman–Crippen MR) is 80.9 cm³/mol. The van der Waals surface area contributed by atoms with Gasteiger partial charge in [0.2, 0.25) is 0 Å².